The molecule has 17 heavy (non-hydrogen) atoms. The Kier molecular flexibility index (Phi) is 4.51. The highest BCUT2D eigenvalue weighted by molar-refractivity contribution is 5.94. The fourth-order valence-corrected chi connectivity index (χ4v) is 1.29. The van der Waals surface area contributed by atoms with Gasteiger partial charge in [0.15, 0.2) is 0 Å². The van der Waals surface area contributed by atoms with E-state index in [0.29, 0.717) is 29.9 Å². The summed E-state index contributed by atoms with van der Waals surface area (Å²) in [6, 6.07) is 4.97. The molecule has 0 atom stereocenters. The van der Waals surface area contributed by atoms with Crippen molar-refractivity contribution in [3.05, 3.63) is 18.2 Å². The van der Waals surface area contributed by atoms with Gasteiger partial charge in [-0.05, 0) is 18.2 Å². The fraction of sp³-hybridized carbons (Fsp3) is 0.333. The maximum absolute atomic E-state index is 11.2. The molecular weight excluding hydrogens is 218 g/mol. The number of amides is 2. The predicted molar refractivity (Wildman–Crippen MR) is 68.7 cm³/mol. The number of hydrogen-bond donors (Lipinski definition) is 3. The molecule has 0 aliphatic rings. The van der Waals surface area contributed by atoms with Crippen LogP contribution in [0.25, 0.3) is 0 Å². The number of nitrogen functional groups attached to an aromatic ring is 1. The number of nitrogens with two attached hydrogens (primary N) is 1. The van der Waals surface area contributed by atoms with Crippen molar-refractivity contribution in [2.75, 3.05) is 16.4 Å². The molecule has 0 unspecified atom stereocenters. The third-order valence-electron chi connectivity index (χ3n) is 2.17. The van der Waals surface area contributed by atoms with Crippen LogP contribution in [0.3, 0.4) is 0 Å². The Morgan fingerprint density at radius 3 is 1.76 bits per heavy atom. The summed E-state index contributed by atoms with van der Waals surface area (Å²) in [6.45, 7) is 3.53. The maximum atomic E-state index is 11.2. The molecule has 1 rings (SSSR count). The van der Waals surface area contributed by atoms with Crippen molar-refractivity contribution in [2.24, 2.45) is 0 Å². The molecule has 0 aliphatic carbocycles. The topological polar surface area (TPSA) is 84.2 Å². The summed E-state index contributed by atoms with van der Waals surface area (Å²) in [5.41, 5.74) is 7.35. The van der Waals surface area contributed by atoms with Crippen molar-refractivity contribution in [1.29, 1.82) is 0 Å². The second-order valence-corrected chi connectivity index (χ2v) is 3.65. The minimum Gasteiger partial charge on any atom is -0.399 e. The molecule has 0 bridgehead atoms. The van der Waals surface area contributed by atoms with Crippen molar-refractivity contribution in [3.63, 3.8) is 0 Å². The molecule has 4 N–H and O–H groups in total. The summed E-state index contributed by atoms with van der Waals surface area (Å²) in [4.78, 5) is 22.5. The molecule has 0 aliphatic heterocycles. The average Bonchev–Trinajstić information content (AvgIpc) is 2.27. The summed E-state index contributed by atoms with van der Waals surface area (Å²) < 4.78 is 0. The van der Waals surface area contributed by atoms with Crippen molar-refractivity contribution < 1.29 is 9.59 Å². The van der Waals surface area contributed by atoms with Crippen LogP contribution in [0.1, 0.15) is 26.7 Å². The highest BCUT2D eigenvalue weighted by atomic mass is 16.2. The van der Waals surface area contributed by atoms with Gasteiger partial charge in [-0.3, -0.25) is 9.59 Å². The fourth-order valence-electron chi connectivity index (χ4n) is 1.29. The molecule has 1 aromatic rings. The first kappa shape index (κ1) is 13.0. The second-order valence-electron chi connectivity index (χ2n) is 3.65. The van der Waals surface area contributed by atoms with Crippen LogP contribution in [0.2, 0.25) is 0 Å². The lowest BCUT2D eigenvalue weighted by molar-refractivity contribution is -0.116. The van der Waals surface area contributed by atoms with Crippen molar-refractivity contribution in [2.45, 2.75) is 26.7 Å². The van der Waals surface area contributed by atoms with Gasteiger partial charge in [-0.2, -0.15) is 0 Å². The summed E-state index contributed by atoms with van der Waals surface area (Å²) in [5.74, 6) is -0.188. The van der Waals surface area contributed by atoms with Gasteiger partial charge in [-0.25, -0.2) is 0 Å². The SMILES string of the molecule is CCC(=O)Nc1cc(N)cc(NC(=O)CC)c1. The van der Waals surface area contributed by atoms with Crippen LogP contribution in [-0.2, 0) is 9.59 Å². The lowest BCUT2D eigenvalue weighted by Gasteiger charge is -2.09. The van der Waals surface area contributed by atoms with Gasteiger partial charge in [0.25, 0.3) is 0 Å². The van der Waals surface area contributed by atoms with Gasteiger partial charge in [0, 0.05) is 29.9 Å². The molecule has 92 valence electrons. The highest BCUT2D eigenvalue weighted by Crippen LogP contribution is 2.20. The van der Waals surface area contributed by atoms with Gasteiger partial charge in [0.2, 0.25) is 11.8 Å². The van der Waals surface area contributed by atoms with Gasteiger partial charge < -0.3 is 16.4 Å². The quantitative estimate of drug-likeness (QED) is 0.697. The standard InChI is InChI=1S/C12H17N3O2/c1-3-11(16)14-9-5-8(13)6-10(7-9)15-12(17)4-2/h5-7H,3-4,13H2,1-2H3,(H,14,16)(H,15,17). The molecule has 0 saturated carbocycles. The molecule has 0 saturated heterocycles. The smallest absolute Gasteiger partial charge is 0.224 e. The molecule has 2 amide bonds. The summed E-state index contributed by atoms with van der Waals surface area (Å²) in [7, 11) is 0. The normalized spacial score (nSPS) is 9.76. The number of nitrogens with one attached hydrogen (secondary N) is 2. The Labute approximate surface area is 100 Å². The molecule has 1 aromatic carbocycles. The van der Waals surface area contributed by atoms with E-state index in [1.807, 2.05) is 0 Å². The van der Waals surface area contributed by atoms with E-state index in [-0.39, 0.29) is 11.8 Å². The van der Waals surface area contributed by atoms with E-state index in [9.17, 15) is 9.59 Å². The summed E-state index contributed by atoms with van der Waals surface area (Å²) in [5, 5.41) is 5.39. The van der Waals surface area contributed by atoms with Crippen LogP contribution in [0.5, 0.6) is 0 Å². The molecule has 0 spiro atoms. The number of benzene rings is 1. The largest absolute Gasteiger partial charge is 0.399 e. The molecule has 5 nitrogen and oxygen atoms in total. The first-order valence-corrected chi connectivity index (χ1v) is 5.55. The third kappa shape index (κ3) is 4.14. The third-order valence-corrected chi connectivity index (χ3v) is 2.17. The van der Waals surface area contributed by atoms with Gasteiger partial charge in [0.05, 0.1) is 0 Å². The van der Waals surface area contributed by atoms with Crippen molar-refractivity contribution in [1.82, 2.24) is 0 Å². The van der Waals surface area contributed by atoms with Crippen LogP contribution in [0.4, 0.5) is 17.1 Å². The monoisotopic (exact) mass is 235 g/mol. The van der Waals surface area contributed by atoms with Gasteiger partial charge >= 0.3 is 0 Å². The zero-order valence-corrected chi connectivity index (χ0v) is 10.0. The van der Waals surface area contributed by atoms with E-state index in [0.717, 1.165) is 0 Å². The number of anilines is 3. The zero-order valence-electron chi connectivity index (χ0n) is 10.0. The van der Waals surface area contributed by atoms with Crippen LogP contribution in [0, 0.1) is 0 Å². The van der Waals surface area contributed by atoms with E-state index in [1.54, 1.807) is 32.0 Å². The number of carbonyl (C=O) groups excluding carboxylic acids is 2. The van der Waals surface area contributed by atoms with E-state index in [1.165, 1.54) is 0 Å². The first-order valence-electron chi connectivity index (χ1n) is 5.55. The molecular formula is C12H17N3O2. The summed E-state index contributed by atoms with van der Waals surface area (Å²) in [6.07, 6.45) is 0.789. The molecule has 0 heterocycles. The maximum Gasteiger partial charge on any atom is 0.224 e. The minimum absolute atomic E-state index is 0.0941. The lowest BCUT2D eigenvalue weighted by Crippen LogP contribution is -2.12. The van der Waals surface area contributed by atoms with Crippen LogP contribution in [-0.4, -0.2) is 11.8 Å². The van der Waals surface area contributed by atoms with Crippen molar-refractivity contribution >= 4 is 28.9 Å². The van der Waals surface area contributed by atoms with Gasteiger partial charge in [0.1, 0.15) is 0 Å². The van der Waals surface area contributed by atoms with Crippen molar-refractivity contribution in [3.8, 4) is 0 Å². The van der Waals surface area contributed by atoms with Crippen LogP contribution in [0.15, 0.2) is 18.2 Å². The van der Waals surface area contributed by atoms with E-state index in [4.69, 9.17) is 5.73 Å². The minimum atomic E-state index is -0.0941. The van der Waals surface area contributed by atoms with Crippen LogP contribution >= 0.6 is 0 Å². The highest BCUT2D eigenvalue weighted by Gasteiger charge is 2.04. The molecule has 5 heteroatoms. The molecule has 0 fully saturated rings. The Morgan fingerprint density at radius 1 is 1.00 bits per heavy atom. The second kappa shape index (κ2) is 5.89. The van der Waals surface area contributed by atoms with E-state index < -0.39 is 0 Å². The molecule has 0 radical (unpaired) electrons. The first-order chi connectivity index (χ1) is 8.05. The lowest BCUT2D eigenvalue weighted by atomic mass is 10.2. The van der Waals surface area contributed by atoms with Crippen LogP contribution < -0.4 is 16.4 Å². The number of rotatable bonds is 4. The predicted octanol–water partition coefficient (Wildman–Crippen LogP) is 1.97. The Balaban J connectivity index is 2.86. The molecule has 0 aromatic heterocycles. The average molecular weight is 235 g/mol. The number of hydrogen-bond acceptors (Lipinski definition) is 3. The summed E-state index contributed by atoms with van der Waals surface area (Å²) >= 11 is 0. The van der Waals surface area contributed by atoms with Gasteiger partial charge in [-0.1, -0.05) is 13.8 Å². The Bertz CT molecular complexity index is 394. The zero-order chi connectivity index (χ0) is 12.8. The number of carbonyl (C=O) groups is 2. The van der Waals surface area contributed by atoms with Gasteiger partial charge in [-0.15, -0.1) is 0 Å². The Hall–Kier alpha value is -2.04. The van der Waals surface area contributed by atoms with E-state index in [2.05, 4.69) is 10.6 Å². The van der Waals surface area contributed by atoms with E-state index >= 15 is 0 Å². The Morgan fingerprint density at radius 2 is 1.41 bits per heavy atom.